The number of aromatic nitrogens is 1. The molecule has 0 radical (unpaired) electrons. The minimum atomic E-state index is -3.12. The Bertz CT molecular complexity index is 997. The monoisotopic (exact) mass is 456 g/mol. The van der Waals surface area contributed by atoms with Crippen molar-refractivity contribution in [3.63, 3.8) is 0 Å². The van der Waals surface area contributed by atoms with Crippen molar-refractivity contribution in [2.24, 2.45) is 5.92 Å². The molecule has 4 rings (SSSR count). The number of hydrogen-bond acceptors (Lipinski definition) is 6. The van der Waals surface area contributed by atoms with E-state index in [0.29, 0.717) is 17.1 Å². The van der Waals surface area contributed by atoms with Gasteiger partial charge in [0.15, 0.2) is 23.0 Å². The number of hydrogen-bond donors (Lipinski definition) is 1. The van der Waals surface area contributed by atoms with Crippen molar-refractivity contribution in [2.45, 2.75) is 45.1 Å². The summed E-state index contributed by atoms with van der Waals surface area (Å²) in [5, 5.41) is 4.54. The lowest BCUT2D eigenvalue weighted by molar-refractivity contribution is 0.214. The van der Waals surface area contributed by atoms with Gasteiger partial charge in [-0.3, -0.25) is 4.90 Å². The molecule has 0 spiro atoms. The van der Waals surface area contributed by atoms with Crippen LogP contribution >= 0.6 is 0 Å². The van der Waals surface area contributed by atoms with Crippen LogP contribution in [0.5, 0.6) is 0 Å². The minimum absolute atomic E-state index is 0.0836. The molecular weight excluding hydrogens is 426 g/mol. The molecule has 172 valence electrons. The average Bonchev–Trinajstić information content (AvgIpc) is 3.16. The molecule has 7 nitrogen and oxygen atoms in total. The highest BCUT2D eigenvalue weighted by Crippen LogP contribution is 2.30. The molecule has 31 heavy (non-hydrogen) atoms. The van der Waals surface area contributed by atoms with Gasteiger partial charge in [-0.1, -0.05) is 5.16 Å². The van der Waals surface area contributed by atoms with Crippen LogP contribution in [0.15, 0.2) is 16.7 Å². The fourth-order valence-electron chi connectivity index (χ4n) is 4.60. The molecule has 1 aromatic heterocycles. The molecule has 2 heterocycles. The summed E-state index contributed by atoms with van der Waals surface area (Å²) in [4.78, 5) is 4.48. The van der Waals surface area contributed by atoms with Crippen LogP contribution in [0.3, 0.4) is 0 Å². The number of halogens is 2. The first kappa shape index (κ1) is 22.4. The predicted molar refractivity (Wildman–Crippen MR) is 116 cm³/mol. The third kappa shape index (κ3) is 5.35. The predicted octanol–water partition coefficient (Wildman–Crippen LogP) is 3.12. The minimum Gasteiger partial charge on any atom is -0.354 e. The maximum atomic E-state index is 13.6. The maximum Gasteiger partial charge on any atom is 0.211 e. The van der Waals surface area contributed by atoms with Crippen LogP contribution in [0.4, 0.5) is 14.6 Å². The van der Waals surface area contributed by atoms with E-state index in [4.69, 9.17) is 4.52 Å². The van der Waals surface area contributed by atoms with Crippen LogP contribution in [0.25, 0.3) is 11.0 Å². The third-order valence-electron chi connectivity index (χ3n) is 6.59. The summed E-state index contributed by atoms with van der Waals surface area (Å²) in [5.74, 6) is -0.488. The molecule has 1 aliphatic carbocycles. The van der Waals surface area contributed by atoms with Crippen molar-refractivity contribution in [1.82, 2.24) is 14.8 Å². The van der Waals surface area contributed by atoms with E-state index in [1.165, 1.54) is 0 Å². The Labute approximate surface area is 181 Å². The second kappa shape index (κ2) is 9.38. The fraction of sp³-hybridized carbons (Fsp3) is 0.667. The Morgan fingerprint density at radius 3 is 2.45 bits per heavy atom. The molecule has 2 aromatic rings. The topological polar surface area (TPSA) is 78.7 Å². The summed E-state index contributed by atoms with van der Waals surface area (Å²) in [5.41, 5.74) is 0.258. The first-order chi connectivity index (χ1) is 14.8. The van der Waals surface area contributed by atoms with Gasteiger partial charge in [0.2, 0.25) is 10.0 Å². The molecule has 1 saturated heterocycles. The Morgan fingerprint density at radius 2 is 1.77 bits per heavy atom. The van der Waals surface area contributed by atoms with Crippen molar-refractivity contribution >= 4 is 26.8 Å². The summed E-state index contributed by atoms with van der Waals surface area (Å²) in [6.07, 6.45) is 5.06. The largest absolute Gasteiger partial charge is 0.354 e. The van der Waals surface area contributed by atoms with Gasteiger partial charge in [-0.05, 0) is 57.6 Å². The second-order valence-electron chi connectivity index (χ2n) is 8.62. The van der Waals surface area contributed by atoms with Gasteiger partial charge < -0.3 is 9.42 Å². The number of benzene rings is 1. The highest BCUT2D eigenvalue weighted by Gasteiger charge is 2.26. The summed E-state index contributed by atoms with van der Waals surface area (Å²) in [6.45, 7) is 5.95. The first-order valence-electron chi connectivity index (χ1n) is 11.1. The number of anilines is 1. The van der Waals surface area contributed by atoms with Crippen molar-refractivity contribution in [3.05, 3.63) is 23.8 Å². The summed E-state index contributed by atoms with van der Waals surface area (Å²) < 4.78 is 58.5. The highest BCUT2D eigenvalue weighted by atomic mass is 32.2. The van der Waals surface area contributed by atoms with E-state index in [0.717, 1.165) is 77.0 Å². The van der Waals surface area contributed by atoms with Crippen molar-refractivity contribution in [1.29, 1.82) is 0 Å². The molecule has 1 aliphatic heterocycles. The SMILES string of the molecule is CCS(=O)(=O)NC1CCC(CCN2CCN(c3noc4cc(F)c(F)cc34)CC2)CC1. The zero-order valence-electron chi connectivity index (χ0n) is 17.8. The smallest absolute Gasteiger partial charge is 0.211 e. The molecular formula is C21H30F2N4O3S. The van der Waals surface area contributed by atoms with Crippen molar-refractivity contribution in [3.8, 4) is 0 Å². The van der Waals surface area contributed by atoms with E-state index in [2.05, 4.69) is 19.7 Å². The molecule has 1 N–H and O–H groups in total. The van der Waals surface area contributed by atoms with Crippen LogP contribution in [0, 0.1) is 17.6 Å². The highest BCUT2D eigenvalue weighted by molar-refractivity contribution is 7.89. The van der Waals surface area contributed by atoms with Gasteiger partial charge >= 0.3 is 0 Å². The van der Waals surface area contributed by atoms with E-state index >= 15 is 0 Å². The lowest BCUT2D eigenvalue weighted by Gasteiger charge is -2.36. The molecule has 0 atom stereocenters. The molecule has 10 heteroatoms. The second-order valence-corrected chi connectivity index (χ2v) is 10.7. The lowest BCUT2D eigenvalue weighted by atomic mass is 9.84. The van der Waals surface area contributed by atoms with E-state index in [9.17, 15) is 17.2 Å². The van der Waals surface area contributed by atoms with Gasteiger partial charge in [0.25, 0.3) is 0 Å². The summed E-state index contributed by atoms with van der Waals surface area (Å²) >= 11 is 0. The number of nitrogens with one attached hydrogen (secondary N) is 1. The van der Waals surface area contributed by atoms with Crippen LogP contribution in [-0.2, 0) is 10.0 Å². The van der Waals surface area contributed by atoms with Crippen molar-refractivity contribution < 1.29 is 21.7 Å². The van der Waals surface area contributed by atoms with Gasteiger partial charge in [-0.25, -0.2) is 21.9 Å². The maximum absolute atomic E-state index is 13.6. The van der Waals surface area contributed by atoms with E-state index < -0.39 is 21.7 Å². The quantitative estimate of drug-likeness (QED) is 0.690. The van der Waals surface area contributed by atoms with Gasteiger partial charge in [0, 0.05) is 38.3 Å². The van der Waals surface area contributed by atoms with Gasteiger partial charge in [-0.15, -0.1) is 0 Å². The Morgan fingerprint density at radius 1 is 1.10 bits per heavy atom. The average molecular weight is 457 g/mol. The van der Waals surface area contributed by atoms with Crippen LogP contribution in [0.2, 0.25) is 0 Å². The molecule has 0 bridgehead atoms. The van der Waals surface area contributed by atoms with E-state index in [1.807, 2.05) is 0 Å². The molecule has 0 amide bonds. The molecule has 1 aromatic carbocycles. The van der Waals surface area contributed by atoms with Gasteiger partial charge in [0.1, 0.15) is 0 Å². The third-order valence-corrected chi connectivity index (χ3v) is 8.04. The normalized spacial score (nSPS) is 23.5. The summed E-state index contributed by atoms with van der Waals surface area (Å²) in [7, 11) is -3.12. The number of nitrogens with zero attached hydrogens (tertiary/aromatic N) is 3. The van der Waals surface area contributed by atoms with Crippen molar-refractivity contribution in [2.75, 3.05) is 43.4 Å². The van der Waals surface area contributed by atoms with E-state index in [-0.39, 0.29) is 17.4 Å². The first-order valence-corrected chi connectivity index (χ1v) is 12.7. The number of sulfonamides is 1. The Balaban J connectivity index is 1.22. The lowest BCUT2D eigenvalue weighted by Crippen LogP contribution is -2.47. The molecule has 2 aliphatic rings. The molecule has 1 saturated carbocycles. The number of piperazine rings is 1. The van der Waals surface area contributed by atoms with Crippen LogP contribution in [-0.4, -0.2) is 63.0 Å². The van der Waals surface area contributed by atoms with Crippen LogP contribution < -0.4 is 9.62 Å². The molecule has 2 fully saturated rings. The Hall–Kier alpha value is -1.78. The standard InChI is InChI=1S/C21H30F2N4O3S/c1-2-31(28,29)25-16-5-3-15(4-6-16)7-8-26-9-11-27(12-10-26)21-17-13-18(22)19(23)14-20(17)30-24-21/h13-16,25H,2-12H2,1H3. The molecule has 0 unspecified atom stereocenters. The van der Waals surface area contributed by atoms with Gasteiger partial charge in [-0.2, -0.15) is 0 Å². The zero-order valence-corrected chi connectivity index (χ0v) is 18.6. The zero-order chi connectivity index (χ0) is 22.0. The Kier molecular flexibility index (Phi) is 6.78. The number of rotatable bonds is 7. The number of fused-ring (bicyclic) bond motifs is 1. The van der Waals surface area contributed by atoms with Gasteiger partial charge in [0.05, 0.1) is 11.1 Å². The van der Waals surface area contributed by atoms with Crippen LogP contribution in [0.1, 0.15) is 39.0 Å². The fourth-order valence-corrected chi connectivity index (χ4v) is 5.51. The van der Waals surface area contributed by atoms with E-state index in [1.54, 1.807) is 6.92 Å². The summed E-state index contributed by atoms with van der Waals surface area (Å²) in [6, 6.07) is 2.28.